The van der Waals surface area contributed by atoms with Crippen LogP contribution >= 0.6 is 11.3 Å². The first-order valence-electron chi connectivity index (χ1n) is 9.60. The van der Waals surface area contributed by atoms with Gasteiger partial charge in [0.15, 0.2) is 5.82 Å². The predicted molar refractivity (Wildman–Crippen MR) is 104 cm³/mol. The third kappa shape index (κ3) is 2.29. The Morgan fingerprint density at radius 2 is 1.96 bits per heavy atom. The molecule has 3 aromatic rings. The summed E-state index contributed by atoms with van der Waals surface area (Å²) in [7, 11) is 0. The monoisotopic (exact) mass is 368 g/mol. The van der Waals surface area contributed by atoms with Crippen LogP contribution in [0.2, 0.25) is 0 Å². The molecular weight excluding hydrogens is 344 g/mol. The van der Waals surface area contributed by atoms with Crippen molar-refractivity contribution < 1.29 is 0 Å². The number of anilines is 1. The fraction of sp³-hybridized carbons (Fsp3) is 0.579. The molecule has 0 bridgehead atoms. The molecule has 3 aromatic heterocycles. The third-order valence-corrected chi connectivity index (χ3v) is 6.93. The highest BCUT2D eigenvalue weighted by Gasteiger charge is 2.32. The van der Waals surface area contributed by atoms with Gasteiger partial charge in [0, 0.05) is 23.9 Å². The molecule has 1 aliphatic heterocycles. The Kier molecular flexibility index (Phi) is 3.74. The molecule has 0 aromatic carbocycles. The lowest BCUT2D eigenvalue weighted by atomic mass is 9.96. The zero-order valence-electron chi connectivity index (χ0n) is 15.6. The molecule has 0 amide bonds. The van der Waals surface area contributed by atoms with Crippen molar-refractivity contribution in [3.8, 4) is 0 Å². The number of aromatic nitrogens is 5. The zero-order valence-corrected chi connectivity index (χ0v) is 16.4. The lowest BCUT2D eigenvalue weighted by Crippen LogP contribution is -2.38. The SMILES string of the molecule is CC(C)c1nnc2n1CCN(c1ncnc3sc4c(c13)CCCC4)C2C. The minimum atomic E-state index is 0.168. The van der Waals surface area contributed by atoms with Crippen LogP contribution in [0.25, 0.3) is 10.2 Å². The molecule has 4 heterocycles. The number of rotatable bonds is 2. The molecule has 1 atom stereocenters. The quantitative estimate of drug-likeness (QED) is 0.687. The molecule has 7 heteroatoms. The van der Waals surface area contributed by atoms with E-state index < -0.39 is 0 Å². The molecule has 0 N–H and O–H groups in total. The predicted octanol–water partition coefficient (Wildman–Crippen LogP) is 3.87. The Balaban J connectivity index is 1.61. The summed E-state index contributed by atoms with van der Waals surface area (Å²) in [6.07, 6.45) is 6.65. The Morgan fingerprint density at radius 3 is 2.81 bits per heavy atom. The maximum Gasteiger partial charge on any atom is 0.155 e. The van der Waals surface area contributed by atoms with Crippen molar-refractivity contribution >= 4 is 27.4 Å². The number of nitrogens with zero attached hydrogens (tertiary/aromatic N) is 6. The van der Waals surface area contributed by atoms with Gasteiger partial charge in [-0.15, -0.1) is 21.5 Å². The summed E-state index contributed by atoms with van der Waals surface area (Å²) in [5.41, 5.74) is 1.49. The number of aryl methyl sites for hydroxylation is 2. The van der Waals surface area contributed by atoms with Crippen LogP contribution in [0.1, 0.15) is 67.7 Å². The van der Waals surface area contributed by atoms with Crippen molar-refractivity contribution in [1.29, 1.82) is 0 Å². The van der Waals surface area contributed by atoms with Gasteiger partial charge in [0.1, 0.15) is 22.8 Å². The average Bonchev–Trinajstić information content (AvgIpc) is 3.24. The maximum atomic E-state index is 4.74. The molecule has 5 rings (SSSR count). The summed E-state index contributed by atoms with van der Waals surface area (Å²) in [5, 5.41) is 10.3. The van der Waals surface area contributed by atoms with Crippen molar-refractivity contribution in [2.45, 2.75) is 65.0 Å². The van der Waals surface area contributed by atoms with Gasteiger partial charge in [-0.05, 0) is 38.2 Å². The Bertz CT molecular complexity index is 972. The van der Waals surface area contributed by atoms with E-state index in [9.17, 15) is 0 Å². The van der Waals surface area contributed by atoms with E-state index in [0.29, 0.717) is 5.92 Å². The highest BCUT2D eigenvalue weighted by molar-refractivity contribution is 7.19. The molecule has 26 heavy (non-hydrogen) atoms. The van der Waals surface area contributed by atoms with Crippen LogP contribution in [0, 0.1) is 0 Å². The van der Waals surface area contributed by atoms with Gasteiger partial charge in [0.2, 0.25) is 0 Å². The average molecular weight is 369 g/mol. The Morgan fingerprint density at radius 1 is 1.12 bits per heavy atom. The summed E-state index contributed by atoms with van der Waals surface area (Å²) in [5.74, 6) is 3.62. The molecule has 0 fully saturated rings. The van der Waals surface area contributed by atoms with Gasteiger partial charge in [-0.2, -0.15) is 0 Å². The summed E-state index contributed by atoms with van der Waals surface area (Å²) < 4.78 is 2.30. The molecule has 0 saturated carbocycles. The first-order valence-corrected chi connectivity index (χ1v) is 10.4. The van der Waals surface area contributed by atoms with E-state index >= 15 is 0 Å². The molecule has 1 aliphatic carbocycles. The highest BCUT2D eigenvalue weighted by Crippen LogP contribution is 2.41. The van der Waals surface area contributed by atoms with Crippen LogP contribution in [0.5, 0.6) is 0 Å². The molecule has 6 nitrogen and oxygen atoms in total. The second kappa shape index (κ2) is 6.01. The first-order chi connectivity index (χ1) is 12.6. The van der Waals surface area contributed by atoms with E-state index in [0.717, 1.165) is 41.8 Å². The van der Waals surface area contributed by atoms with Crippen molar-refractivity contribution in [1.82, 2.24) is 24.7 Å². The van der Waals surface area contributed by atoms with Crippen molar-refractivity contribution in [3.05, 3.63) is 28.4 Å². The van der Waals surface area contributed by atoms with Gasteiger partial charge in [-0.1, -0.05) is 13.8 Å². The molecule has 2 aliphatic rings. The van der Waals surface area contributed by atoms with E-state index in [1.807, 2.05) is 11.3 Å². The zero-order chi connectivity index (χ0) is 17.8. The van der Waals surface area contributed by atoms with Crippen LogP contribution in [-0.4, -0.2) is 31.3 Å². The van der Waals surface area contributed by atoms with Crippen LogP contribution in [0.15, 0.2) is 6.33 Å². The number of hydrogen-bond donors (Lipinski definition) is 0. The third-order valence-electron chi connectivity index (χ3n) is 5.73. The van der Waals surface area contributed by atoms with Crippen LogP contribution in [0.4, 0.5) is 5.82 Å². The molecule has 0 radical (unpaired) electrons. The van der Waals surface area contributed by atoms with Gasteiger partial charge in [-0.25, -0.2) is 9.97 Å². The molecule has 0 spiro atoms. The topological polar surface area (TPSA) is 59.7 Å². The van der Waals surface area contributed by atoms with E-state index in [-0.39, 0.29) is 6.04 Å². The van der Waals surface area contributed by atoms with Gasteiger partial charge < -0.3 is 9.47 Å². The van der Waals surface area contributed by atoms with E-state index in [1.165, 1.54) is 35.1 Å². The second-order valence-electron chi connectivity index (χ2n) is 7.68. The summed E-state index contributed by atoms with van der Waals surface area (Å²) >= 11 is 1.86. The van der Waals surface area contributed by atoms with Crippen molar-refractivity contribution in [2.24, 2.45) is 0 Å². The van der Waals surface area contributed by atoms with E-state index in [4.69, 9.17) is 4.98 Å². The Labute approximate surface area is 157 Å². The molecule has 0 saturated heterocycles. The molecular formula is C19H24N6S. The van der Waals surface area contributed by atoms with Crippen LogP contribution in [0.3, 0.4) is 0 Å². The van der Waals surface area contributed by atoms with Gasteiger partial charge in [0.25, 0.3) is 0 Å². The van der Waals surface area contributed by atoms with E-state index in [2.05, 4.69) is 45.4 Å². The Hall–Kier alpha value is -2.02. The highest BCUT2D eigenvalue weighted by atomic mass is 32.1. The minimum absolute atomic E-state index is 0.168. The summed E-state index contributed by atoms with van der Waals surface area (Å²) in [6, 6.07) is 0.168. The van der Waals surface area contributed by atoms with Gasteiger partial charge >= 0.3 is 0 Å². The fourth-order valence-corrected chi connectivity index (χ4v) is 5.64. The minimum Gasteiger partial charge on any atom is -0.344 e. The van der Waals surface area contributed by atoms with Crippen molar-refractivity contribution in [3.63, 3.8) is 0 Å². The van der Waals surface area contributed by atoms with E-state index in [1.54, 1.807) is 6.33 Å². The number of hydrogen-bond acceptors (Lipinski definition) is 6. The van der Waals surface area contributed by atoms with Crippen molar-refractivity contribution in [2.75, 3.05) is 11.4 Å². The maximum absolute atomic E-state index is 4.74. The summed E-state index contributed by atoms with van der Waals surface area (Å²) in [6.45, 7) is 8.43. The first kappa shape index (κ1) is 16.2. The number of thiophene rings is 1. The summed E-state index contributed by atoms with van der Waals surface area (Å²) in [4.78, 5) is 14.4. The second-order valence-corrected chi connectivity index (χ2v) is 8.76. The van der Waals surface area contributed by atoms with Gasteiger partial charge in [0.05, 0.1) is 11.4 Å². The fourth-order valence-electron chi connectivity index (χ4n) is 4.41. The lowest BCUT2D eigenvalue weighted by molar-refractivity contribution is 0.478. The standard InChI is InChI=1S/C19H24N6S/c1-11(2)16-22-23-17-12(3)24(8-9-25(16)17)18-15-13-6-4-5-7-14(13)26-19(15)21-10-20-18/h10-12H,4-9H2,1-3H3. The normalized spacial score (nSPS) is 19.8. The lowest BCUT2D eigenvalue weighted by Gasteiger charge is -2.35. The smallest absolute Gasteiger partial charge is 0.155 e. The van der Waals surface area contributed by atoms with Crippen LogP contribution in [-0.2, 0) is 19.4 Å². The van der Waals surface area contributed by atoms with Crippen LogP contribution < -0.4 is 4.90 Å². The molecule has 136 valence electrons. The van der Waals surface area contributed by atoms with Gasteiger partial charge in [-0.3, -0.25) is 0 Å². The molecule has 1 unspecified atom stereocenters. The largest absolute Gasteiger partial charge is 0.344 e. The number of fused-ring (bicyclic) bond motifs is 4.